The normalized spacial score (nSPS) is 28.0. The molecule has 10 heteroatoms. The number of aryl methyl sites for hydroxylation is 1. The van der Waals surface area contributed by atoms with Crippen LogP contribution in [0, 0.1) is 24.5 Å². The summed E-state index contributed by atoms with van der Waals surface area (Å²) in [5.41, 5.74) is 1.65. The smallest absolute Gasteiger partial charge is 0.319 e. The summed E-state index contributed by atoms with van der Waals surface area (Å²) in [6.45, 7) is 9.14. The summed E-state index contributed by atoms with van der Waals surface area (Å²) in [6, 6.07) is 9.18. The molecule has 3 fully saturated rings. The second-order valence-corrected chi connectivity index (χ2v) is 13.5. The van der Waals surface area contributed by atoms with E-state index in [1.165, 1.54) is 6.07 Å². The Hall–Kier alpha value is -3.50. The van der Waals surface area contributed by atoms with Crippen molar-refractivity contribution in [1.29, 1.82) is 0 Å². The summed E-state index contributed by atoms with van der Waals surface area (Å²) >= 11 is 0. The summed E-state index contributed by atoms with van der Waals surface area (Å²) in [5, 5.41) is 5.75. The lowest BCUT2D eigenvalue weighted by molar-refractivity contribution is 0.107. The summed E-state index contributed by atoms with van der Waals surface area (Å²) < 4.78 is 52.8. The van der Waals surface area contributed by atoms with E-state index in [9.17, 15) is 8.78 Å². The predicted octanol–water partition coefficient (Wildman–Crippen LogP) is 6.14. The topological polar surface area (TPSA) is 66.4 Å². The maximum Gasteiger partial charge on any atom is 0.319 e. The van der Waals surface area contributed by atoms with Crippen LogP contribution in [-0.4, -0.2) is 76.4 Å². The van der Waals surface area contributed by atoms with E-state index < -0.39 is 12.0 Å². The number of nitrogens with zero attached hydrogens (tertiary/aromatic N) is 5. The minimum Gasteiger partial charge on any atom is -0.461 e. The molecule has 236 valence electrons. The third-order valence-electron chi connectivity index (χ3n) is 10.9. The van der Waals surface area contributed by atoms with E-state index in [2.05, 4.69) is 29.0 Å². The number of alkyl halides is 1. The van der Waals surface area contributed by atoms with Crippen LogP contribution in [0.15, 0.2) is 30.3 Å². The number of rotatable bonds is 5. The number of hydrogen-bond acceptors (Lipinski definition) is 7. The van der Waals surface area contributed by atoms with Gasteiger partial charge in [0.25, 0.3) is 0 Å². The molecule has 0 saturated carbocycles. The van der Waals surface area contributed by atoms with Gasteiger partial charge in [0, 0.05) is 43.7 Å². The van der Waals surface area contributed by atoms with Gasteiger partial charge in [-0.05, 0) is 67.5 Å². The Kier molecular flexibility index (Phi) is 6.94. The highest BCUT2D eigenvalue weighted by Crippen LogP contribution is 2.44. The number of piperazine rings is 1. The first-order valence-electron chi connectivity index (χ1n) is 16.4. The number of nitrogens with one attached hydrogen (secondary N) is 1. The predicted molar refractivity (Wildman–Crippen MR) is 170 cm³/mol. The highest BCUT2D eigenvalue weighted by Gasteiger charge is 2.49. The Labute approximate surface area is 261 Å². The van der Waals surface area contributed by atoms with Crippen molar-refractivity contribution >= 4 is 27.5 Å². The van der Waals surface area contributed by atoms with Crippen LogP contribution in [0.4, 0.5) is 19.0 Å². The fourth-order valence-electron chi connectivity index (χ4n) is 8.80. The minimum absolute atomic E-state index is 0.100. The Balaban J connectivity index is 1.33. The molecule has 45 heavy (non-hydrogen) atoms. The van der Waals surface area contributed by atoms with Crippen molar-refractivity contribution in [2.45, 2.75) is 76.7 Å². The monoisotopic (exact) mass is 616 g/mol. The van der Waals surface area contributed by atoms with Crippen molar-refractivity contribution in [2.24, 2.45) is 5.92 Å². The molecule has 4 aromatic rings. The third-order valence-corrected chi connectivity index (χ3v) is 10.9. The number of anilines is 1. The van der Waals surface area contributed by atoms with Gasteiger partial charge in [-0.2, -0.15) is 9.97 Å². The standard InChI is InChI=1S/C35H39F3N6O/c1-4-25-32-19(2)15-26-28-31(29(38)30(40-26)23-8-5-7-21-9-10-24(37)20(3)27(21)23)41-34(42-33(28)44(32)14-12-39-25)45-18-35-11-6-13-43(35)17-22(36)16-35/h5,7-10,19,22,25,32,39H,4,6,11-18H2,1-3H3/t19-,22+,25-,32-,35-/m0/s1. The lowest BCUT2D eigenvalue weighted by Crippen LogP contribution is -2.60. The lowest BCUT2D eigenvalue weighted by atomic mass is 9.87. The molecule has 5 atom stereocenters. The summed E-state index contributed by atoms with van der Waals surface area (Å²) in [7, 11) is 0. The molecule has 0 spiro atoms. The summed E-state index contributed by atoms with van der Waals surface area (Å²) in [4.78, 5) is 19.2. The third kappa shape index (κ3) is 4.50. The number of halogens is 3. The van der Waals surface area contributed by atoms with Crippen LogP contribution in [0.5, 0.6) is 6.01 Å². The van der Waals surface area contributed by atoms with Crippen LogP contribution in [-0.2, 0) is 6.42 Å². The SMILES string of the molecule is CC[C@@H]1NCCN2c3nc(OC[C@@]45CCCN4C[C@H](F)C5)nc4c(F)c(-c5cccc6ccc(F)c(C)c56)nc(c34)C[C@H](C)[C@@H]12. The molecule has 8 rings (SSSR count). The largest absolute Gasteiger partial charge is 0.461 e. The molecule has 1 N–H and O–H groups in total. The van der Waals surface area contributed by atoms with Crippen LogP contribution >= 0.6 is 0 Å². The number of fused-ring (bicyclic) bond motifs is 4. The zero-order chi connectivity index (χ0) is 31.0. The molecular formula is C35H39F3N6O. The van der Waals surface area contributed by atoms with Gasteiger partial charge in [0.15, 0.2) is 5.82 Å². The molecule has 2 aromatic heterocycles. The van der Waals surface area contributed by atoms with E-state index in [-0.39, 0.29) is 53.2 Å². The van der Waals surface area contributed by atoms with Gasteiger partial charge in [0.2, 0.25) is 0 Å². The molecule has 4 aliphatic heterocycles. The fourth-order valence-corrected chi connectivity index (χ4v) is 8.80. The minimum atomic E-state index is -0.882. The molecule has 4 aliphatic rings. The van der Waals surface area contributed by atoms with Gasteiger partial charge < -0.3 is 15.0 Å². The van der Waals surface area contributed by atoms with Crippen molar-refractivity contribution in [3.05, 3.63) is 53.2 Å². The lowest BCUT2D eigenvalue weighted by Gasteiger charge is -2.44. The summed E-state index contributed by atoms with van der Waals surface area (Å²) in [5.74, 6) is -0.0844. The van der Waals surface area contributed by atoms with E-state index in [4.69, 9.17) is 19.7 Å². The van der Waals surface area contributed by atoms with Gasteiger partial charge in [-0.25, -0.2) is 18.2 Å². The van der Waals surface area contributed by atoms with Gasteiger partial charge in [0.05, 0.1) is 16.6 Å². The molecule has 0 bridgehead atoms. The number of hydrogen-bond donors (Lipinski definition) is 1. The van der Waals surface area contributed by atoms with Crippen LogP contribution in [0.1, 0.15) is 50.8 Å². The zero-order valence-corrected chi connectivity index (χ0v) is 26.0. The van der Waals surface area contributed by atoms with Crippen LogP contribution in [0.25, 0.3) is 32.9 Å². The van der Waals surface area contributed by atoms with Gasteiger partial charge in [-0.15, -0.1) is 0 Å². The maximum atomic E-state index is 17.0. The Morgan fingerprint density at radius 1 is 1.09 bits per heavy atom. The Morgan fingerprint density at radius 2 is 1.96 bits per heavy atom. The highest BCUT2D eigenvalue weighted by molar-refractivity contribution is 6.01. The zero-order valence-electron chi connectivity index (χ0n) is 26.0. The Bertz CT molecular complexity index is 1820. The number of pyridine rings is 1. The molecule has 6 heterocycles. The average molecular weight is 617 g/mol. The average Bonchev–Trinajstić information content (AvgIpc) is 3.53. The first-order chi connectivity index (χ1) is 21.8. The van der Waals surface area contributed by atoms with Crippen molar-refractivity contribution in [3.63, 3.8) is 0 Å². The molecule has 0 radical (unpaired) electrons. The molecular weight excluding hydrogens is 577 g/mol. The van der Waals surface area contributed by atoms with Crippen LogP contribution in [0.3, 0.4) is 0 Å². The quantitative estimate of drug-likeness (QED) is 0.289. The van der Waals surface area contributed by atoms with Gasteiger partial charge in [-0.3, -0.25) is 4.90 Å². The van der Waals surface area contributed by atoms with E-state index >= 15 is 4.39 Å². The van der Waals surface area contributed by atoms with E-state index in [1.807, 2.05) is 12.1 Å². The molecule has 0 unspecified atom stereocenters. The number of ether oxygens (including phenoxy) is 1. The molecule has 2 aromatic carbocycles. The van der Waals surface area contributed by atoms with Crippen LogP contribution < -0.4 is 15.0 Å². The van der Waals surface area contributed by atoms with E-state index in [0.717, 1.165) is 43.4 Å². The fraction of sp³-hybridized carbons (Fsp3) is 0.514. The van der Waals surface area contributed by atoms with Crippen molar-refractivity contribution < 1.29 is 17.9 Å². The maximum absolute atomic E-state index is 17.0. The van der Waals surface area contributed by atoms with E-state index in [1.54, 1.807) is 19.1 Å². The number of aromatic nitrogens is 3. The van der Waals surface area contributed by atoms with Gasteiger partial charge in [-0.1, -0.05) is 38.1 Å². The second-order valence-electron chi connectivity index (χ2n) is 13.5. The Morgan fingerprint density at radius 3 is 2.80 bits per heavy atom. The highest BCUT2D eigenvalue weighted by atomic mass is 19.1. The molecule has 7 nitrogen and oxygen atoms in total. The van der Waals surface area contributed by atoms with Crippen molar-refractivity contribution in [3.8, 4) is 17.3 Å². The van der Waals surface area contributed by atoms with Gasteiger partial charge in [0.1, 0.15) is 35.6 Å². The van der Waals surface area contributed by atoms with Crippen LogP contribution in [0.2, 0.25) is 0 Å². The summed E-state index contributed by atoms with van der Waals surface area (Å²) in [6.07, 6.45) is 2.95. The second kappa shape index (κ2) is 10.8. The van der Waals surface area contributed by atoms with Crippen molar-refractivity contribution in [2.75, 3.05) is 37.7 Å². The van der Waals surface area contributed by atoms with Crippen molar-refractivity contribution in [1.82, 2.24) is 25.2 Å². The first-order valence-corrected chi connectivity index (χ1v) is 16.4. The number of benzene rings is 2. The first kappa shape index (κ1) is 28.9. The van der Waals surface area contributed by atoms with Gasteiger partial charge >= 0.3 is 6.01 Å². The molecule has 0 aliphatic carbocycles. The molecule has 0 amide bonds. The van der Waals surface area contributed by atoms with E-state index in [0.29, 0.717) is 53.6 Å². The molecule has 3 saturated heterocycles.